The molecule has 1 N–H and O–H groups in total. The normalized spacial score (nSPS) is 12.2. The van der Waals surface area contributed by atoms with Gasteiger partial charge in [-0.15, -0.1) is 0 Å². The summed E-state index contributed by atoms with van der Waals surface area (Å²) < 4.78 is 6.09. The van der Waals surface area contributed by atoms with E-state index >= 15 is 0 Å². The summed E-state index contributed by atoms with van der Waals surface area (Å²) in [6.07, 6.45) is 6.59. The molecule has 0 saturated carbocycles. The third-order valence-electron chi connectivity index (χ3n) is 4.95. The molecule has 1 aliphatic rings. The number of hydrogen-bond donors (Lipinski definition) is 1. The largest absolute Gasteiger partial charge is 0.478 e. The Morgan fingerprint density at radius 2 is 1.80 bits per heavy atom. The summed E-state index contributed by atoms with van der Waals surface area (Å²) in [5.74, 6) is 0.736. The van der Waals surface area contributed by atoms with Gasteiger partial charge in [-0.05, 0) is 54.5 Å². The monoisotopic (exact) mass is 338 g/mol. The molecule has 0 atom stereocenters. The number of fused-ring (bicyclic) bond motifs is 2. The van der Waals surface area contributed by atoms with E-state index in [2.05, 4.69) is 19.9 Å². The zero-order valence-electron chi connectivity index (χ0n) is 15.1. The van der Waals surface area contributed by atoms with E-state index in [1.54, 1.807) is 0 Å². The SMILES string of the molecule is CCCCc1cc2c(c(C(=O)O)c1CCCC)Cc1ccccc1O2. The van der Waals surface area contributed by atoms with Crippen LogP contribution in [0.3, 0.4) is 0 Å². The first-order valence-electron chi connectivity index (χ1n) is 9.32. The van der Waals surface area contributed by atoms with Gasteiger partial charge in [0.1, 0.15) is 11.5 Å². The van der Waals surface area contributed by atoms with Crippen molar-refractivity contribution in [2.24, 2.45) is 0 Å². The zero-order valence-corrected chi connectivity index (χ0v) is 15.1. The summed E-state index contributed by atoms with van der Waals surface area (Å²) in [6, 6.07) is 9.99. The van der Waals surface area contributed by atoms with Crippen LogP contribution in [0.25, 0.3) is 0 Å². The first kappa shape index (κ1) is 17.5. The number of carbonyl (C=O) groups is 1. The van der Waals surface area contributed by atoms with Crippen molar-refractivity contribution in [2.75, 3.05) is 0 Å². The first-order chi connectivity index (χ1) is 12.2. The van der Waals surface area contributed by atoms with Crippen LogP contribution in [0, 0.1) is 0 Å². The number of aromatic carboxylic acids is 1. The molecule has 0 saturated heterocycles. The van der Waals surface area contributed by atoms with Crippen molar-refractivity contribution < 1.29 is 14.6 Å². The second-order valence-corrected chi connectivity index (χ2v) is 6.76. The molecule has 2 aromatic carbocycles. The molecule has 3 heteroatoms. The fourth-order valence-electron chi connectivity index (χ4n) is 3.61. The summed E-state index contributed by atoms with van der Waals surface area (Å²) in [6.45, 7) is 4.30. The molecule has 0 aliphatic carbocycles. The Labute approximate surface area is 149 Å². The minimum Gasteiger partial charge on any atom is -0.478 e. The van der Waals surface area contributed by atoms with Gasteiger partial charge in [0.05, 0.1) is 5.56 Å². The number of aryl methyl sites for hydroxylation is 1. The first-order valence-corrected chi connectivity index (χ1v) is 9.32. The highest BCUT2D eigenvalue weighted by atomic mass is 16.5. The number of ether oxygens (including phenoxy) is 1. The van der Waals surface area contributed by atoms with Crippen LogP contribution in [0.4, 0.5) is 0 Å². The van der Waals surface area contributed by atoms with E-state index < -0.39 is 5.97 Å². The van der Waals surface area contributed by atoms with E-state index in [4.69, 9.17) is 4.74 Å². The quantitative estimate of drug-likeness (QED) is 0.595. The lowest BCUT2D eigenvalue weighted by Crippen LogP contribution is -2.15. The number of carboxylic acids is 1. The number of carboxylic acid groups (broad SMARTS) is 1. The van der Waals surface area contributed by atoms with E-state index in [1.807, 2.05) is 24.3 Å². The highest BCUT2D eigenvalue weighted by molar-refractivity contribution is 5.93. The third-order valence-corrected chi connectivity index (χ3v) is 4.95. The van der Waals surface area contributed by atoms with Crippen LogP contribution < -0.4 is 4.74 Å². The predicted octanol–water partition coefficient (Wildman–Crippen LogP) is 5.77. The van der Waals surface area contributed by atoms with Crippen LogP contribution in [-0.4, -0.2) is 11.1 Å². The Morgan fingerprint density at radius 3 is 2.52 bits per heavy atom. The molecule has 0 radical (unpaired) electrons. The van der Waals surface area contributed by atoms with E-state index in [0.717, 1.165) is 72.3 Å². The maximum absolute atomic E-state index is 12.1. The van der Waals surface area contributed by atoms with Gasteiger partial charge in [-0.2, -0.15) is 0 Å². The van der Waals surface area contributed by atoms with Gasteiger partial charge < -0.3 is 9.84 Å². The van der Waals surface area contributed by atoms with Gasteiger partial charge in [0.15, 0.2) is 0 Å². The standard InChI is InChI=1S/C22H26O3/c1-3-5-9-15-14-20-18(13-16-10-7-8-12-19(16)25-20)21(22(23)24)17(15)11-6-4-2/h7-8,10,12,14H,3-6,9,11,13H2,1-2H3,(H,23,24). The molecule has 3 rings (SSSR count). The summed E-state index contributed by atoms with van der Waals surface area (Å²) in [4.78, 5) is 12.1. The molecule has 0 aromatic heterocycles. The number of unbranched alkanes of at least 4 members (excludes halogenated alkanes) is 2. The summed E-state index contributed by atoms with van der Waals surface area (Å²) >= 11 is 0. The Morgan fingerprint density at radius 1 is 1.08 bits per heavy atom. The van der Waals surface area contributed by atoms with Crippen LogP contribution in [0.1, 0.15) is 72.1 Å². The highest BCUT2D eigenvalue weighted by Crippen LogP contribution is 2.41. The van der Waals surface area contributed by atoms with Crippen molar-refractivity contribution in [1.29, 1.82) is 0 Å². The molecule has 1 heterocycles. The lowest BCUT2D eigenvalue weighted by atomic mass is 9.86. The Bertz CT molecular complexity index is 777. The van der Waals surface area contributed by atoms with Crippen LogP contribution >= 0.6 is 0 Å². The van der Waals surface area contributed by atoms with Crippen LogP contribution in [0.15, 0.2) is 30.3 Å². The van der Waals surface area contributed by atoms with E-state index in [9.17, 15) is 9.90 Å². The molecule has 0 unspecified atom stereocenters. The van der Waals surface area contributed by atoms with Gasteiger partial charge in [0, 0.05) is 12.0 Å². The van der Waals surface area contributed by atoms with Gasteiger partial charge in [-0.1, -0.05) is 44.9 Å². The molecule has 0 bridgehead atoms. The molecule has 2 aromatic rings. The smallest absolute Gasteiger partial charge is 0.336 e. The molecule has 0 spiro atoms. The summed E-state index contributed by atoms with van der Waals surface area (Å²) in [5.41, 5.74) is 4.53. The number of para-hydroxylation sites is 1. The number of benzene rings is 2. The third kappa shape index (κ3) is 3.55. The predicted molar refractivity (Wildman–Crippen MR) is 99.9 cm³/mol. The van der Waals surface area contributed by atoms with Crippen molar-refractivity contribution in [1.82, 2.24) is 0 Å². The number of rotatable bonds is 7. The molecular formula is C22H26O3. The molecule has 3 nitrogen and oxygen atoms in total. The van der Waals surface area contributed by atoms with E-state index in [1.165, 1.54) is 0 Å². The van der Waals surface area contributed by atoms with Crippen LogP contribution in [-0.2, 0) is 19.3 Å². The molecule has 132 valence electrons. The van der Waals surface area contributed by atoms with Crippen molar-refractivity contribution >= 4 is 5.97 Å². The fraction of sp³-hybridized carbons (Fsp3) is 0.409. The highest BCUT2D eigenvalue weighted by Gasteiger charge is 2.27. The Kier molecular flexibility index (Phi) is 5.42. The Balaban J connectivity index is 2.13. The minimum absolute atomic E-state index is 0.478. The zero-order chi connectivity index (χ0) is 17.8. The molecule has 1 aliphatic heterocycles. The lowest BCUT2D eigenvalue weighted by Gasteiger charge is -2.25. The van der Waals surface area contributed by atoms with Crippen molar-refractivity contribution in [2.45, 2.75) is 58.8 Å². The van der Waals surface area contributed by atoms with Gasteiger partial charge >= 0.3 is 5.97 Å². The van der Waals surface area contributed by atoms with Gasteiger partial charge in [-0.25, -0.2) is 4.79 Å². The molecule has 0 amide bonds. The van der Waals surface area contributed by atoms with E-state index in [-0.39, 0.29) is 0 Å². The average molecular weight is 338 g/mol. The lowest BCUT2D eigenvalue weighted by molar-refractivity contribution is 0.0693. The van der Waals surface area contributed by atoms with Gasteiger partial charge in [-0.3, -0.25) is 0 Å². The van der Waals surface area contributed by atoms with Gasteiger partial charge in [0.25, 0.3) is 0 Å². The molecule has 25 heavy (non-hydrogen) atoms. The second-order valence-electron chi connectivity index (χ2n) is 6.76. The Hall–Kier alpha value is -2.29. The maximum Gasteiger partial charge on any atom is 0.336 e. The molecule has 0 fully saturated rings. The minimum atomic E-state index is -0.830. The average Bonchev–Trinajstić information content (AvgIpc) is 2.62. The topological polar surface area (TPSA) is 46.5 Å². The number of hydrogen-bond acceptors (Lipinski definition) is 2. The van der Waals surface area contributed by atoms with Crippen molar-refractivity contribution in [3.63, 3.8) is 0 Å². The van der Waals surface area contributed by atoms with Crippen molar-refractivity contribution in [3.05, 3.63) is 58.1 Å². The fourth-order valence-corrected chi connectivity index (χ4v) is 3.61. The summed E-state index contributed by atoms with van der Waals surface area (Å²) in [7, 11) is 0. The van der Waals surface area contributed by atoms with Gasteiger partial charge in [0.2, 0.25) is 0 Å². The van der Waals surface area contributed by atoms with Crippen molar-refractivity contribution in [3.8, 4) is 11.5 Å². The van der Waals surface area contributed by atoms with E-state index in [0.29, 0.717) is 12.0 Å². The summed E-state index contributed by atoms with van der Waals surface area (Å²) in [5, 5.41) is 9.96. The molecular weight excluding hydrogens is 312 g/mol. The van der Waals surface area contributed by atoms with Crippen LogP contribution in [0.2, 0.25) is 0 Å². The second kappa shape index (κ2) is 7.73. The van der Waals surface area contributed by atoms with Crippen LogP contribution in [0.5, 0.6) is 11.5 Å². The maximum atomic E-state index is 12.1.